The molecule has 0 saturated carbocycles. The summed E-state index contributed by atoms with van der Waals surface area (Å²) in [6.07, 6.45) is 3.05. The number of carbonyl (C=O) groups is 2. The van der Waals surface area contributed by atoms with Crippen molar-refractivity contribution in [2.24, 2.45) is 0 Å². The molecule has 0 spiro atoms. The second-order valence-electron chi connectivity index (χ2n) is 5.51. The Bertz CT molecular complexity index is 940. The number of halogens is 1. The zero-order valence-electron chi connectivity index (χ0n) is 14.4. The standard InChI is InChI=1S/C19H16ClN3O4/c1-26-19(25)12-4-6-15(20)17(9-12)23-13-5-7-16(21-10-13)18(24)22-11-14-3-2-8-27-14/h2-10,23H,11H2,1H3,(H,22,24). The number of benzene rings is 1. The largest absolute Gasteiger partial charge is 0.467 e. The van der Waals surface area contributed by atoms with Gasteiger partial charge in [-0.2, -0.15) is 0 Å². The van der Waals surface area contributed by atoms with Crippen molar-refractivity contribution in [3.05, 3.63) is 77.0 Å². The van der Waals surface area contributed by atoms with Crippen LogP contribution < -0.4 is 10.6 Å². The van der Waals surface area contributed by atoms with Crippen LogP contribution >= 0.6 is 11.6 Å². The number of pyridine rings is 1. The molecule has 0 saturated heterocycles. The summed E-state index contributed by atoms with van der Waals surface area (Å²) >= 11 is 6.16. The Morgan fingerprint density at radius 2 is 2.07 bits per heavy atom. The first-order chi connectivity index (χ1) is 13.1. The van der Waals surface area contributed by atoms with Gasteiger partial charge in [0, 0.05) is 0 Å². The zero-order chi connectivity index (χ0) is 19.2. The molecule has 3 aromatic rings. The first-order valence-electron chi connectivity index (χ1n) is 7.98. The Morgan fingerprint density at radius 1 is 1.22 bits per heavy atom. The third-order valence-corrected chi connectivity index (χ3v) is 4.00. The summed E-state index contributed by atoms with van der Waals surface area (Å²) in [5.41, 5.74) is 1.77. The van der Waals surface area contributed by atoms with Crippen molar-refractivity contribution >= 4 is 34.9 Å². The van der Waals surface area contributed by atoms with Gasteiger partial charge >= 0.3 is 5.97 Å². The lowest BCUT2D eigenvalue weighted by molar-refractivity contribution is 0.0600. The third-order valence-electron chi connectivity index (χ3n) is 3.67. The molecule has 8 heteroatoms. The smallest absolute Gasteiger partial charge is 0.337 e. The Kier molecular flexibility index (Phi) is 5.73. The molecule has 0 fully saturated rings. The molecule has 0 aliphatic heterocycles. The van der Waals surface area contributed by atoms with Crippen LogP contribution in [0.25, 0.3) is 0 Å². The lowest BCUT2D eigenvalue weighted by Crippen LogP contribution is -2.23. The Morgan fingerprint density at radius 3 is 2.74 bits per heavy atom. The minimum Gasteiger partial charge on any atom is -0.467 e. The number of amides is 1. The predicted molar refractivity (Wildman–Crippen MR) is 100 cm³/mol. The summed E-state index contributed by atoms with van der Waals surface area (Å²) in [5, 5.41) is 6.21. The van der Waals surface area contributed by atoms with Crippen LogP contribution in [-0.4, -0.2) is 24.0 Å². The van der Waals surface area contributed by atoms with Gasteiger partial charge in [-0.15, -0.1) is 0 Å². The van der Waals surface area contributed by atoms with Crippen molar-refractivity contribution in [3.8, 4) is 0 Å². The first kappa shape index (κ1) is 18.5. The van der Waals surface area contributed by atoms with Crippen molar-refractivity contribution in [2.75, 3.05) is 12.4 Å². The van der Waals surface area contributed by atoms with Gasteiger partial charge in [-0.3, -0.25) is 4.79 Å². The van der Waals surface area contributed by atoms with Gasteiger partial charge in [-0.25, -0.2) is 9.78 Å². The lowest BCUT2D eigenvalue weighted by Gasteiger charge is -2.10. The molecule has 1 amide bonds. The topological polar surface area (TPSA) is 93.5 Å². The second-order valence-corrected chi connectivity index (χ2v) is 5.91. The van der Waals surface area contributed by atoms with E-state index in [0.717, 1.165) is 0 Å². The van der Waals surface area contributed by atoms with E-state index in [0.29, 0.717) is 27.7 Å². The maximum atomic E-state index is 12.1. The lowest BCUT2D eigenvalue weighted by atomic mass is 10.2. The molecule has 7 nitrogen and oxygen atoms in total. The highest BCUT2D eigenvalue weighted by atomic mass is 35.5. The van der Waals surface area contributed by atoms with Crippen LogP contribution in [0.5, 0.6) is 0 Å². The number of nitrogens with zero attached hydrogens (tertiary/aromatic N) is 1. The molecule has 1 aromatic carbocycles. The minimum absolute atomic E-state index is 0.265. The molecule has 27 heavy (non-hydrogen) atoms. The van der Waals surface area contributed by atoms with E-state index in [1.165, 1.54) is 13.3 Å². The summed E-state index contributed by atoms with van der Waals surface area (Å²) in [6, 6.07) is 11.5. The average Bonchev–Trinajstić information content (AvgIpc) is 3.21. The molecule has 0 atom stereocenters. The number of furan rings is 1. The summed E-state index contributed by atoms with van der Waals surface area (Å²) in [4.78, 5) is 27.9. The van der Waals surface area contributed by atoms with E-state index in [9.17, 15) is 9.59 Å². The number of nitrogens with one attached hydrogen (secondary N) is 2. The van der Waals surface area contributed by atoms with Crippen LogP contribution in [0.3, 0.4) is 0 Å². The van der Waals surface area contributed by atoms with E-state index in [1.807, 2.05) is 0 Å². The van der Waals surface area contributed by atoms with E-state index in [2.05, 4.69) is 15.6 Å². The second kappa shape index (κ2) is 8.37. The Balaban J connectivity index is 1.67. The number of anilines is 2. The molecule has 0 unspecified atom stereocenters. The first-order valence-corrected chi connectivity index (χ1v) is 8.36. The number of rotatable bonds is 6. The Labute approximate surface area is 160 Å². The molecule has 138 valence electrons. The number of aromatic nitrogens is 1. The van der Waals surface area contributed by atoms with Crippen molar-refractivity contribution in [1.29, 1.82) is 0 Å². The molecule has 2 aromatic heterocycles. The van der Waals surface area contributed by atoms with Gasteiger partial charge in [-0.1, -0.05) is 11.6 Å². The van der Waals surface area contributed by atoms with Gasteiger partial charge in [0.2, 0.25) is 0 Å². The van der Waals surface area contributed by atoms with Gasteiger partial charge in [0.25, 0.3) is 5.91 Å². The summed E-state index contributed by atoms with van der Waals surface area (Å²) < 4.78 is 9.86. The molecule has 0 bridgehead atoms. The molecule has 0 aliphatic rings. The van der Waals surface area contributed by atoms with Gasteiger partial charge in [0.05, 0.1) is 48.1 Å². The highest BCUT2D eigenvalue weighted by Crippen LogP contribution is 2.26. The van der Waals surface area contributed by atoms with E-state index < -0.39 is 5.97 Å². The molecule has 0 aliphatic carbocycles. The van der Waals surface area contributed by atoms with Crippen molar-refractivity contribution in [3.63, 3.8) is 0 Å². The number of hydrogen-bond donors (Lipinski definition) is 2. The number of esters is 1. The van der Waals surface area contributed by atoms with Crippen LogP contribution in [-0.2, 0) is 11.3 Å². The highest BCUT2D eigenvalue weighted by Gasteiger charge is 2.11. The monoisotopic (exact) mass is 385 g/mol. The molecule has 2 heterocycles. The number of methoxy groups -OCH3 is 1. The summed E-state index contributed by atoms with van der Waals surface area (Å²) in [7, 11) is 1.31. The quantitative estimate of drug-likeness (QED) is 0.627. The molecular formula is C19H16ClN3O4. The van der Waals surface area contributed by atoms with Crippen LogP contribution in [0.2, 0.25) is 5.02 Å². The van der Waals surface area contributed by atoms with Gasteiger partial charge in [0.1, 0.15) is 11.5 Å². The van der Waals surface area contributed by atoms with Crippen LogP contribution in [0.15, 0.2) is 59.3 Å². The predicted octanol–water partition coefficient (Wildman–Crippen LogP) is 3.79. The fourth-order valence-electron chi connectivity index (χ4n) is 2.29. The van der Waals surface area contributed by atoms with Crippen molar-refractivity contribution < 1.29 is 18.7 Å². The van der Waals surface area contributed by atoms with Gasteiger partial charge in [-0.05, 0) is 42.5 Å². The molecule has 2 N–H and O–H groups in total. The minimum atomic E-state index is -0.462. The van der Waals surface area contributed by atoms with Crippen molar-refractivity contribution in [2.45, 2.75) is 6.54 Å². The van der Waals surface area contributed by atoms with Crippen LogP contribution in [0.1, 0.15) is 26.6 Å². The highest BCUT2D eigenvalue weighted by molar-refractivity contribution is 6.33. The van der Waals surface area contributed by atoms with Crippen LogP contribution in [0.4, 0.5) is 11.4 Å². The number of carbonyl (C=O) groups excluding carboxylic acids is 2. The van der Waals surface area contributed by atoms with E-state index in [-0.39, 0.29) is 18.1 Å². The van der Waals surface area contributed by atoms with Crippen LogP contribution in [0, 0.1) is 0 Å². The maximum absolute atomic E-state index is 12.1. The van der Waals surface area contributed by atoms with Gasteiger partial charge < -0.3 is 19.8 Å². The Hall–Kier alpha value is -3.32. The SMILES string of the molecule is COC(=O)c1ccc(Cl)c(Nc2ccc(C(=O)NCc3ccco3)nc2)c1. The number of ether oxygens (including phenoxy) is 1. The molecular weight excluding hydrogens is 370 g/mol. The summed E-state index contributed by atoms with van der Waals surface area (Å²) in [5.74, 6) is -0.123. The van der Waals surface area contributed by atoms with E-state index in [1.54, 1.807) is 48.7 Å². The zero-order valence-corrected chi connectivity index (χ0v) is 15.1. The maximum Gasteiger partial charge on any atom is 0.337 e. The number of hydrogen-bond acceptors (Lipinski definition) is 6. The molecule has 3 rings (SSSR count). The fraction of sp³-hybridized carbons (Fsp3) is 0.105. The third kappa shape index (κ3) is 4.65. The van der Waals surface area contributed by atoms with E-state index >= 15 is 0 Å². The van der Waals surface area contributed by atoms with E-state index in [4.69, 9.17) is 20.8 Å². The average molecular weight is 386 g/mol. The summed E-state index contributed by atoms with van der Waals surface area (Å²) in [6.45, 7) is 0.281. The van der Waals surface area contributed by atoms with Crippen molar-refractivity contribution in [1.82, 2.24) is 10.3 Å². The fourth-order valence-corrected chi connectivity index (χ4v) is 2.46. The molecule has 0 radical (unpaired) electrons. The van der Waals surface area contributed by atoms with Gasteiger partial charge in [0.15, 0.2) is 0 Å². The normalized spacial score (nSPS) is 10.3.